The van der Waals surface area contributed by atoms with Crippen molar-refractivity contribution >= 4 is 11.6 Å². The molecule has 0 saturated heterocycles. The first-order chi connectivity index (χ1) is 16.1. The van der Waals surface area contributed by atoms with Crippen molar-refractivity contribution in [2.24, 2.45) is 0 Å². The number of benzene rings is 2. The maximum atomic E-state index is 12.8. The van der Waals surface area contributed by atoms with Gasteiger partial charge in [-0.2, -0.15) is 5.06 Å². The first kappa shape index (κ1) is 25.1. The molecule has 5 nitrogen and oxygen atoms in total. The highest BCUT2D eigenvalue weighted by molar-refractivity contribution is 6.01. The highest BCUT2D eigenvalue weighted by Crippen LogP contribution is 2.40. The van der Waals surface area contributed by atoms with Crippen LogP contribution in [0.15, 0.2) is 48.5 Å². The van der Waals surface area contributed by atoms with Crippen molar-refractivity contribution in [3.8, 4) is 5.75 Å². The van der Waals surface area contributed by atoms with Gasteiger partial charge in [0, 0.05) is 12.1 Å². The van der Waals surface area contributed by atoms with E-state index in [1.165, 1.54) is 64.2 Å². The zero-order valence-corrected chi connectivity index (χ0v) is 20.1. The van der Waals surface area contributed by atoms with E-state index in [0.29, 0.717) is 17.7 Å². The lowest BCUT2D eigenvalue weighted by atomic mass is 10.0. The average Bonchev–Trinajstić information content (AvgIpc) is 2.83. The first-order valence-corrected chi connectivity index (χ1v) is 12.8. The van der Waals surface area contributed by atoms with Crippen molar-refractivity contribution in [3.05, 3.63) is 59.7 Å². The molecule has 0 fully saturated rings. The number of unbranched alkanes of at least 4 members (excludes halogenated alkanes) is 11. The van der Waals surface area contributed by atoms with Crippen molar-refractivity contribution in [1.29, 1.82) is 0 Å². The van der Waals surface area contributed by atoms with E-state index in [2.05, 4.69) is 6.92 Å². The molecular weight excluding hydrogens is 412 g/mol. The summed E-state index contributed by atoms with van der Waals surface area (Å²) in [6.07, 6.45) is 14.6. The van der Waals surface area contributed by atoms with Crippen molar-refractivity contribution in [1.82, 2.24) is 5.06 Å². The molecule has 33 heavy (non-hydrogen) atoms. The molecule has 2 aromatic carbocycles. The largest absolute Gasteiger partial charge is 0.508 e. The molecule has 3 rings (SSSR count). The number of aromatic hydroxyl groups is 1. The summed E-state index contributed by atoms with van der Waals surface area (Å²) in [5.74, 6) is -0.363. The van der Waals surface area contributed by atoms with Crippen LogP contribution in [-0.4, -0.2) is 27.8 Å². The third-order valence-corrected chi connectivity index (χ3v) is 6.65. The molecule has 5 heteroatoms. The van der Waals surface area contributed by atoms with Crippen LogP contribution in [0.3, 0.4) is 0 Å². The van der Waals surface area contributed by atoms with Crippen LogP contribution in [0.1, 0.15) is 106 Å². The fraction of sp³-hybridized carbons (Fsp3) is 0.536. The summed E-state index contributed by atoms with van der Waals surface area (Å²) in [7, 11) is 0. The zero-order valence-electron chi connectivity index (χ0n) is 20.1. The number of phenolic OH excluding ortho intramolecular Hbond substituents is 1. The Morgan fingerprint density at radius 1 is 0.758 bits per heavy atom. The molecular formula is C28H40N2O3. The number of rotatable bonds is 14. The topological polar surface area (TPSA) is 64.0 Å². The molecule has 0 radical (unpaired) electrons. The number of hydrogen-bond acceptors (Lipinski definition) is 4. The molecule has 1 aliphatic heterocycles. The molecule has 0 spiro atoms. The van der Waals surface area contributed by atoms with Gasteiger partial charge >= 0.3 is 0 Å². The Kier molecular flexibility index (Phi) is 10.1. The smallest absolute Gasteiger partial charge is 0.281 e. The number of fused-ring (bicyclic) bond motifs is 1. The van der Waals surface area contributed by atoms with E-state index in [1.807, 2.05) is 29.2 Å². The molecule has 1 atom stereocenters. The van der Waals surface area contributed by atoms with Crippen molar-refractivity contribution in [3.63, 3.8) is 0 Å². The Morgan fingerprint density at radius 2 is 1.30 bits per heavy atom. The Morgan fingerprint density at radius 3 is 1.94 bits per heavy atom. The van der Waals surface area contributed by atoms with Crippen LogP contribution in [0.2, 0.25) is 0 Å². The highest BCUT2D eigenvalue weighted by Gasteiger charge is 2.38. The van der Waals surface area contributed by atoms with Gasteiger partial charge in [-0.05, 0) is 24.6 Å². The van der Waals surface area contributed by atoms with Gasteiger partial charge in [-0.3, -0.25) is 10.0 Å². The van der Waals surface area contributed by atoms with Gasteiger partial charge < -0.3 is 10.0 Å². The van der Waals surface area contributed by atoms with E-state index < -0.39 is 12.1 Å². The van der Waals surface area contributed by atoms with Crippen LogP contribution in [-0.2, 0) is 0 Å². The zero-order chi connectivity index (χ0) is 23.5. The normalized spacial score (nSPS) is 15.7. The second kappa shape index (κ2) is 13.2. The maximum Gasteiger partial charge on any atom is 0.281 e. The summed E-state index contributed by atoms with van der Waals surface area (Å²) in [5.41, 5.74) is 1.83. The van der Waals surface area contributed by atoms with Crippen LogP contribution in [0.4, 0.5) is 5.69 Å². The summed E-state index contributed by atoms with van der Waals surface area (Å²) >= 11 is 0. The molecule has 1 heterocycles. The van der Waals surface area contributed by atoms with Crippen molar-refractivity contribution in [2.45, 2.75) is 90.1 Å². The molecule has 0 saturated carbocycles. The lowest BCUT2D eigenvalue weighted by Crippen LogP contribution is -2.48. The molecule has 2 N–H and O–H groups in total. The summed E-state index contributed by atoms with van der Waals surface area (Å²) in [4.78, 5) is 14.8. The van der Waals surface area contributed by atoms with Gasteiger partial charge in [0.1, 0.15) is 5.75 Å². The monoisotopic (exact) mass is 452 g/mol. The molecule has 1 aliphatic rings. The predicted octanol–water partition coefficient (Wildman–Crippen LogP) is 7.44. The van der Waals surface area contributed by atoms with E-state index in [9.17, 15) is 15.1 Å². The van der Waals surface area contributed by atoms with Gasteiger partial charge in [0.15, 0.2) is 6.17 Å². The van der Waals surface area contributed by atoms with Gasteiger partial charge in [-0.25, -0.2) is 0 Å². The van der Waals surface area contributed by atoms with Gasteiger partial charge in [-0.15, -0.1) is 0 Å². The number of phenols is 1. The fourth-order valence-electron chi connectivity index (χ4n) is 4.77. The number of nitrogens with zero attached hydrogens (tertiary/aromatic N) is 2. The van der Waals surface area contributed by atoms with Gasteiger partial charge in [0.25, 0.3) is 5.91 Å². The second-order valence-electron chi connectivity index (χ2n) is 9.18. The quantitative estimate of drug-likeness (QED) is 0.231. The molecule has 2 aromatic rings. The SMILES string of the molecule is CCCCCCCCCCCCCCN1c2ccccc2C(=O)N(O)C1c1ccccc1O. The molecule has 0 bridgehead atoms. The average molecular weight is 453 g/mol. The maximum absolute atomic E-state index is 12.8. The minimum atomic E-state index is -0.735. The Labute approximate surface area is 199 Å². The summed E-state index contributed by atoms with van der Waals surface area (Å²) in [5, 5.41) is 21.9. The van der Waals surface area contributed by atoms with Gasteiger partial charge in [0.05, 0.1) is 11.3 Å². The van der Waals surface area contributed by atoms with Crippen LogP contribution >= 0.6 is 0 Å². The van der Waals surface area contributed by atoms with Crippen LogP contribution in [0.5, 0.6) is 5.75 Å². The van der Waals surface area contributed by atoms with Gasteiger partial charge in [0.2, 0.25) is 0 Å². The summed E-state index contributed by atoms with van der Waals surface area (Å²) in [6, 6.07) is 14.3. The van der Waals surface area contributed by atoms with Crippen molar-refractivity contribution in [2.75, 3.05) is 11.4 Å². The van der Waals surface area contributed by atoms with Gasteiger partial charge in [-0.1, -0.05) is 108 Å². The van der Waals surface area contributed by atoms with Crippen LogP contribution < -0.4 is 4.90 Å². The van der Waals surface area contributed by atoms with E-state index >= 15 is 0 Å². The third kappa shape index (κ3) is 6.73. The fourth-order valence-corrected chi connectivity index (χ4v) is 4.77. The summed E-state index contributed by atoms with van der Waals surface area (Å²) in [6.45, 7) is 2.97. The number of hydrogen-bond donors (Lipinski definition) is 2. The molecule has 180 valence electrons. The lowest BCUT2D eigenvalue weighted by molar-refractivity contribution is -0.0941. The van der Waals surface area contributed by atoms with E-state index in [-0.39, 0.29) is 5.75 Å². The van der Waals surface area contributed by atoms with Crippen LogP contribution in [0, 0.1) is 0 Å². The van der Waals surface area contributed by atoms with E-state index in [1.54, 1.807) is 24.3 Å². The second-order valence-corrected chi connectivity index (χ2v) is 9.18. The Bertz CT molecular complexity index is 870. The third-order valence-electron chi connectivity index (χ3n) is 6.65. The minimum absolute atomic E-state index is 0.0772. The van der Waals surface area contributed by atoms with E-state index in [0.717, 1.165) is 23.6 Å². The number of carbonyl (C=O) groups excluding carboxylic acids is 1. The number of carbonyl (C=O) groups is 1. The standard InChI is InChI=1S/C28H40N2O3/c1-2-3-4-5-6-7-8-9-10-11-12-17-22-29-25-20-15-13-18-23(25)28(32)30(33)27(29)24-19-14-16-21-26(24)31/h13-16,18-21,27,31,33H,2-12,17,22H2,1H3. The lowest BCUT2D eigenvalue weighted by Gasteiger charge is -2.42. The van der Waals surface area contributed by atoms with E-state index in [4.69, 9.17) is 0 Å². The predicted molar refractivity (Wildman–Crippen MR) is 134 cm³/mol. The Hall–Kier alpha value is -2.53. The number of amides is 1. The summed E-state index contributed by atoms with van der Waals surface area (Å²) < 4.78 is 0. The molecule has 1 unspecified atom stereocenters. The van der Waals surface area contributed by atoms with Crippen molar-refractivity contribution < 1.29 is 15.1 Å². The molecule has 1 amide bonds. The minimum Gasteiger partial charge on any atom is -0.508 e. The highest BCUT2D eigenvalue weighted by atomic mass is 16.5. The number of anilines is 1. The number of hydroxylamine groups is 2. The first-order valence-electron chi connectivity index (χ1n) is 12.8. The molecule has 0 aromatic heterocycles. The molecule has 0 aliphatic carbocycles. The number of para-hydroxylation sites is 2. The van der Waals surface area contributed by atoms with Crippen LogP contribution in [0.25, 0.3) is 0 Å². The Balaban J connectivity index is 1.52.